The van der Waals surface area contributed by atoms with Crippen LogP contribution in [0.2, 0.25) is 0 Å². The number of imidazole rings is 1. The van der Waals surface area contributed by atoms with E-state index < -0.39 is 0 Å². The van der Waals surface area contributed by atoms with E-state index in [2.05, 4.69) is 27.1 Å². The van der Waals surface area contributed by atoms with Crippen molar-refractivity contribution in [1.82, 2.24) is 15.0 Å². The Labute approximate surface area is 143 Å². The van der Waals surface area contributed by atoms with E-state index in [1.165, 1.54) is 0 Å². The summed E-state index contributed by atoms with van der Waals surface area (Å²) in [6.07, 6.45) is 1.56. The molecule has 0 aliphatic carbocycles. The van der Waals surface area contributed by atoms with E-state index in [1.54, 1.807) is 24.4 Å². The summed E-state index contributed by atoms with van der Waals surface area (Å²) >= 11 is 0. The van der Waals surface area contributed by atoms with Crippen molar-refractivity contribution in [2.45, 2.75) is 0 Å². The topological polar surface area (TPSA) is 89.1 Å². The number of benzene rings is 2. The summed E-state index contributed by atoms with van der Waals surface area (Å²) in [6, 6.07) is 21.0. The summed E-state index contributed by atoms with van der Waals surface area (Å²) in [5.74, 6) is 0.737. The van der Waals surface area contributed by atoms with Gasteiger partial charge in [0.15, 0.2) is 0 Å². The number of hydrogen-bond donors (Lipinski definition) is 1. The molecule has 2 aromatic heterocycles. The Morgan fingerprint density at radius 1 is 0.840 bits per heavy atom. The van der Waals surface area contributed by atoms with E-state index >= 15 is 0 Å². The Balaban J connectivity index is 1.76. The molecular weight excluding hydrogens is 310 g/mol. The van der Waals surface area contributed by atoms with Gasteiger partial charge in [-0.3, -0.25) is 4.98 Å². The molecule has 5 nitrogen and oxygen atoms in total. The van der Waals surface area contributed by atoms with Gasteiger partial charge < -0.3 is 4.98 Å². The summed E-state index contributed by atoms with van der Waals surface area (Å²) < 4.78 is 0. The first-order valence-corrected chi connectivity index (χ1v) is 7.63. The van der Waals surface area contributed by atoms with Gasteiger partial charge in [0.2, 0.25) is 0 Å². The second-order valence-electron chi connectivity index (χ2n) is 5.55. The smallest absolute Gasteiger partial charge is 0.138 e. The zero-order chi connectivity index (χ0) is 17.2. The van der Waals surface area contributed by atoms with Crippen LogP contribution in [-0.2, 0) is 0 Å². The third-order valence-electron chi connectivity index (χ3n) is 3.94. The van der Waals surface area contributed by atoms with Gasteiger partial charge in [-0.1, -0.05) is 18.2 Å². The van der Waals surface area contributed by atoms with Crippen LogP contribution in [0.15, 0.2) is 60.8 Å². The van der Waals surface area contributed by atoms with Gasteiger partial charge >= 0.3 is 0 Å². The first-order chi connectivity index (χ1) is 12.3. The highest BCUT2D eigenvalue weighted by Crippen LogP contribution is 2.25. The van der Waals surface area contributed by atoms with Gasteiger partial charge in [-0.25, -0.2) is 4.98 Å². The molecule has 0 amide bonds. The lowest BCUT2D eigenvalue weighted by Gasteiger charge is -2.03. The van der Waals surface area contributed by atoms with Crippen LogP contribution in [0, 0.1) is 22.7 Å². The minimum atomic E-state index is 0.533. The Bertz CT molecular complexity index is 1160. The number of hydrogen-bond acceptors (Lipinski definition) is 4. The standard InChI is InChI=1S/C20H11N5/c21-10-13-4-7-18-19(8-13)25-20(24-18)16-3-1-2-15(9-16)17-6-5-14(11-22)12-23-17/h1-9,12H,(H,24,25). The highest BCUT2D eigenvalue weighted by atomic mass is 14.9. The molecule has 4 aromatic rings. The van der Waals surface area contributed by atoms with E-state index in [-0.39, 0.29) is 0 Å². The predicted octanol–water partition coefficient (Wildman–Crippen LogP) is 4.04. The van der Waals surface area contributed by atoms with Crippen molar-refractivity contribution in [2.75, 3.05) is 0 Å². The fourth-order valence-electron chi connectivity index (χ4n) is 2.67. The molecule has 0 aliphatic heterocycles. The molecule has 2 heterocycles. The fourth-order valence-corrected chi connectivity index (χ4v) is 2.67. The van der Waals surface area contributed by atoms with E-state index in [9.17, 15) is 0 Å². The monoisotopic (exact) mass is 321 g/mol. The molecule has 116 valence electrons. The van der Waals surface area contributed by atoms with Crippen molar-refractivity contribution in [2.24, 2.45) is 0 Å². The molecule has 0 saturated heterocycles. The van der Waals surface area contributed by atoms with Crippen LogP contribution < -0.4 is 0 Å². The predicted molar refractivity (Wildman–Crippen MR) is 94.2 cm³/mol. The molecule has 2 aromatic carbocycles. The average Bonchev–Trinajstić information content (AvgIpc) is 3.11. The molecule has 4 rings (SSSR count). The van der Waals surface area contributed by atoms with Gasteiger partial charge in [0.05, 0.1) is 33.9 Å². The van der Waals surface area contributed by atoms with Crippen LogP contribution in [0.3, 0.4) is 0 Å². The zero-order valence-corrected chi connectivity index (χ0v) is 13.1. The van der Waals surface area contributed by atoms with Gasteiger partial charge in [0.1, 0.15) is 11.9 Å². The molecule has 0 atom stereocenters. The molecule has 0 saturated carbocycles. The quantitative estimate of drug-likeness (QED) is 0.603. The molecule has 25 heavy (non-hydrogen) atoms. The van der Waals surface area contributed by atoms with Gasteiger partial charge in [-0.2, -0.15) is 10.5 Å². The van der Waals surface area contributed by atoms with Crippen LogP contribution in [0.4, 0.5) is 0 Å². The van der Waals surface area contributed by atoms with Crippen molar-refractivity contribution in [3.63, 3.8) is 0 Å². The number of nitrogens with zero attached hydrogens (tertiary/aromatic N) is 4. The summed E-state index contributed by atoms with van der Waals surface area (Å²) in [6.45, 7) is 0. The molecule has 0 unspecified atom stereocenters. The second kappa shape index (κ2) is 5.92. The lowest BCUT2D eigenvalue weighted by atomic mass is 10.1. The summed E-state index contributed by atoms with van der Waals surface area (Å²) in [5.41, 5.74) is 5.43. The van der Waals surface area contributed by atoms with Crippen LogP contribution in [0.25, 0.3) is 33.7 Å². The van der Waals surface area contributed by atoms with E-state index in [0.29, 0.717) is 11.1 Å². The van der Waals surface area contributed by atoms with Gasteiger partial charge in [-0.05, 0) is 36.4 Å². The lowest BCUT2D eigenvalue weighted by Crippen LogP contribution is -1.86. The average molecular weight is 321 g/mol. The van der Waals surface area contributed by atoms with Crippen molar-refractivity contribution in [1.29, 1.82) is 10.5 Å². The largest absolute Gasteiger partial charge is 0.338 e. The minimum Gasteiger partial charge on any atom is -0.338 e. The van der Waals surface area contributed by atoms with Crippen LogP contribution in [0.5, 0.6) is 0 Å². The maximum Gasteiger partial charge on any atom is 0.138 e. The molecule has 0 fully saturated rings. The molecule has 1 N–H and O–H groups in total. The molecule has 0 bridgehead atoms. The Hall–Kier alpha value is -3.96. The maximum absolute atomic E-state index is 9.01. The van der Waals surface area contributed by atoms with E-state index in [4.69, 9.17) is 10.5 Å². The van der Waals surface area contributed by atoms with Crippen LogP contribution in [0.1, 0.15) is 11.1 Å². The first-order valence-electron chi connectivity index (χ1n) is 7.63. The number of pyridine rings is 1. The number of nitriles is 2. The Kier molecular flexibility index (Phi) is 3.46. The van der Waals surface area contributed by atoms with Crippen molar-refractivity contribution in [3.8, 4) is 34.8 Å². The fraction of sp³-hybridized carbons (Fsp3) is 0. The summed E-state index contributed by atoms with van der Waals surface area (Å²) in [4.78, 5) is 12.2. The minimum absolute atomic E-state index is 0.533. The van der Waals surface area contributed by atoms with Crippen molar-refractivity contribution < 1.29 is 0 Å². The van der Waals surface area contributed by atoms with Gasteiger partial charge in [0.25, 0.3) is 0 Å². The van der Waals surface area contributed by atoms with E-state index in [0.717, 1.165) is 33.7 Å². The third kappa shape index (κ3) is 2.71. The normalized spacial score (nSPS) is 10.3. The van der Waals surface area contributed by atoms with Crippen LogP contribution >= 0.6 is 0 Å². The number of H-pyrrole nitrogens is 1. The van der Waals surface area contributed by atoms with Crippen LogP contribution in [-0.4, -0.2) is 15.0 Å². The molecule has 5 heteroatoms. The third-order valence-corrected chi connectivity index (χ3v) is 3.94. The van der Waals surface area contributed by atoms with Gasteiger partial charge in [-0.15, -0.1) is 0 Å². The highest BCUT2D eigenvalue weighted by Gasteiger charge is 2.08. The molecule has 0 spiro atoms. The number of aromatic amines is 1. The van der Waals surface area contributed by atoms with Crippen molar-refractivity contribution >= 4 is 11.0 Å². The van der Waals surface area contributed by atoms with E-state index in [1.807, 2.05) is 36.4 Å². The first kappa shape index (κ1) is 14.6. The summed E-state index contributed by atoms with van der Waals surface area (Å²) in [5, 5.41) is 17.9. The summed E-state index contributed by atoms with van der Waals surface area (Å²) in [7, 11) is 0. The van der Waals surface area contributed by atoms with Gasteiger partial charge in [0, 0.05) is 17.3 Å². The molecular formula is C20H11N5. The molecule has 0 radical (unpaired) electrons. The lowest BCUT2D eigenvalue weighted by molar-refractivity contribution is 1.29. The van der Waals surface area contributed by atoms with Crippen molar-refractivity contribution in [3.05, 3.63) is 71.9 Å². The number of nitrogens with one attached hydrogen (secondary N) is 1. The highest BCUT2D eigenvalue weighted by molar-refractivity contribution is 5.81. The molecule has 0 aliphatic rings. The number of rotatable bonds is 2. The number of fused-ring (bicyclic) bond motifs is 1. The Morgan fingerprint density at radius 2 is 1.64 bits per heavy atom. The Morgan fingerprint density at radius 3 is 2.40 bits per heavy atom. The number of aromatic nitrogens is 3. The second-order valence-corrected chi connectivity index (χ2v) is 5.55. The SMILES string of the molecule is N#Cc1ccc(-c2cccc(-c3nc4cc(C#N)ccc4[nH]3)c2)nc1. The maximum atomic E-state index is 9.01. The zero-order valence-electron chi connectivity index (χ0n) is 13.1.